The number of nitrogens with zero attached hydrogens (tertiary/aromatic N) is 2. The fourth-order valence-corrected chi connectivity index (χ4v) is 2.33. The summed E-state index contributed by atoms with van der Waals surface area (Å²) in [6.45, 7) is 3.07. The molecule has 1 aliphatic heterocycles. The maximum atomic E-state index is 5.76. The zero-order chi connectivity index (χ0) is 11.4. The third kappa shape index (κ3) is 3.04. The van der Waals surface area contributed by atoms with Crippen LogP contribution in [0.4, 0.5) is 0 Å². The maximum Gasteiger partial charge on any atom is 0.0233 e. The molecule has 2 N–H and O–H groups in total. The lowest BCUT2D eigenvalue weighted by Gasteiger charge is -2.34. The summed E-state index contributed by atoms with van der Waals surface area (Å²) in [6.07, 6.45) is 2.36. The standard InChI is InChI=1S/C13H21N3/c1-15(11-12-5-3-2-4-6-12)13-7-9-16(14)10-8-13/h2-6,13H,7-11,14H2,1H3. The highest BCUT2D eigenvalue weighted by Gasteiger charge is 2.20. The van der Waals surface area contributed by atoms with Gasteiger partial charge in [0.05, 0.1) is 0 Å². The van der Waals surface area contributed by atoms with Crippen molar-refractivity contribution in [2.75, 3.05) is 20.1 Å². The van der Waals surface area contributed by atoms with Crippen molar-refractivity contribution in [3.63, 3.8) is 0 Å². The van der Waals surface area contributed by atoms with E-state index < -0.39 is 0 Å². The molecule has 0 saturated carbocycles. The van der Waals surface area contributed by atoms with Crippen LogP contribution in [0.15, 0.2) is 30.3 Å². The summed E-state index contributed by atoms with van der Waals surface area (Å²) in [4.78, 5) is 2.45. The largest absolute Gasteiger partial charge is 0.299 e. The van der Waals surface area contributed by atoms with Crippen LogP contribution in [0.25, 0.3) is 0 Å². The smallest absolute Gasteiger partial charge is 0.0233 e. The minimum absolute atomic E-state index is 0.681. The summed E-state index contributed by atoms with van der Waals surface area (Å²) in [6, 6.07) is 11.3. The van der Waals surface area contributed by atoms with Crippen molar-refractivity contribution < 1.29 is 0 Å². The molecule has 0 amide bonds. The Balaban J connectivity index is 1.86. The predicted octanol–water partition coefficient (Wildman–Crippen LogP) is 1.46. The Hall–Kier alpha value is -0.900. The Morgan fingerprint density at radius 1 is 1.25 bits per heavy atom. The summed E-state index contributed by atoms with van der Waals surface area (Å²) in [5.41, 5.74) is 1.39. The van der Waals surface area contributed by atoms with Gasteiger partial charge in [0.2, 0.25) is 0 Å². The fourth-order valence-electron chi connectivity index (χ4n) is 2.33. The summed E-state index contributed by atoms with van der Waals surface area (Å²) >= 11 is 0. The average Bonchev–Trinajstić information content (AvgIpc) is 2.31. The highest BCUT2D eigenvalue weighted by molar-refractivity contribution is 5.14. The van der Waals surface area contributed by atoms with Gasteiger partial charge >= 0.3 is 0 Å². The third-order valence-electron chi connectivity index (χ3n) is 3.40. The topological polar surface area (TPSA) is 32.5 Å². The van der Waals surface area contributed by atoms with Gasteiger partial charge < -0.3 is 0 Å². The van der Waals surface area contributed by atoms with Crippen LogP contribution in [0.1, 0.15) is 18.4 Å². The Morgan fingerprint density at radius 2 is 1.88 bits per heavy atom. The minimum Gasteiger partial charge on any atom is -0.299 e. The van der Waals surface area contributed by atoms with Gasteiger partial charge in [0.1, 0.15) is 0 Å². The number of nitrogens with two attached hydrogens (primary N) is 1. The van der Waals surface area contributed by atoms with E-state index in [2.05, 4.69) is 42.3 Å². The van der Waals surface area contributed by atoms with Crippen molar-refractivity contribution in [3.8, 4) is 0 Å². The van der Waals surface area contributed by atoms with Crippen LogP contribution in [0.2, 0.25) is 0 Å². The van der Waals surface area contributed by atoms with Crippen LogP contribution in [0.3, 0.4) is 0 Å². The van der Waals surface area contributed by atoms with Crippen LogP contribution in [-0.2, 0) is 6.54 Å². The summed E-state index contributed by atoms with van der Waals surface area (Å²) in [5, 5.41) is 1.92. The third-order valence-corrected chi connectivity index (χ3v) is 3.40. The molecule has 16 heavy (non-hydrogen) atoms. The van der Waals surface area contributed by atoms with Gasteiger partial charge in [-0.2, -0.15) is 0 Å². The van der Waals surface area contributed by atoms with Gasteiger partial charge in [-0.05, 0) is 25.5 Å². The van der Waals surface area contributed by atoms with E-state index in [0.29, 0.717) is 6.04 Å². The number of hydrogen-bond acceptors (Lipinski definition) is 3. The van der Waals surface area contributed by atoms with E-state index in [4.69, 9.17) is 5.84 Å². The quantitative estimate of drug-likeness (QED) is 0.781. The van der Waals surface area contributed by atoms with Crippen LogP contribution in [0, 0.1) is 0 Å². The molecule has 1 aromatic rings. The van der Waals surface area contributed by atoms with Gasteiger partial charge in [-0.1, -0.05) is 30.3 Å². The first-order valence-corrected chi connectivity index (χ1v) is 5.99. The number of hydrogen-bond donors (Lipinski definition) is 1. The maximum absolute atomic E-state index is 5.76. The predicted molar refractivity (Wildman–Crippen MR) is 66.7 cm³/mol. The van der Waals surface area contributed by atoms with E-state index in [-0.39, 0.29) is 0 Å². The number of piperidine rings is 1. The second-order valence-corrected chi connectivity index (χ2v) is 4.67. The first-order valence-electron chi connectivity index (χ1n) is 5.99. The number of benzene rings is 1. The van der Waals surface area contributed by atoms with Gasteiger partial charge in [-0.25, -0.2) is 5.01 Å². The summed E-state index contributed by atoms with van der Waals surface area (Å²) < 4.78 is 0. The lowest BCUT2D eigenvalue weighted by atomic mass is 10.0. The molecule has 1 heterocycles. The van der Waals surface area contributed by atoms with E-state index in [1.54, 1.807) is 0 Å². The van der Waals surface area contributed by atoms with Crippen LogP contribution in [0.5, 0.6) is 0 Å². The Morgan fingerprint density at radius 3 is 2.50 bits per heavy atom. The van der Waals surface area contributed by atoms with Crippen molar-refractivity contribution in [2.45, 2.75) is 25.4 Å². The molecule has 0 aliphatic carbocycles. The molecule has 1 aromatic carbocycles. The van der Waals surface area contributed by atoms with Gasteiger partial charge in [0, 0.05) is 25.7 Å². The molecular weight excluding hydrogens is 198 g/mol. The van der Waals surface area contributed by atoms with E-state index >= 15 is 0 Å². The highest BCUT2D eigenvalue weighted by Crippen LogP contribution is 2.15. The van der Waals surface area contributed by atoms with E-state index in [9.17, 15) is 0 Å². The molecule has 1 fully saturated rings. The monoisotopic (exact) mass is 219 g/mol. The number of hydrazine groups is 1. The molecule has 0 radical (unpaired) electrons. The van der Waals surface area contributed by atoms with Crippen molar-refractivity contribution in [3.05, 3.63) is 35.9 Å². The molecule has 88 valence electrons. The molecule has 0 bridgehead atoms. The van der Waals surface area contributed by atoms with E-state index in [0.717, 1.165) is 19.6 Å². The van der Waals surface area contributed by atoms with Crippen molar-refractivity contribution in [1.82, 2.24) is 9.91 Å². The van der Waals surface area contributed by atoms with Crippen molar-refractivity contribution >= 4 is 0 Å². The molecule has 3 nitrogen and oxygen atoms in total. The average molecular weight is 219 g/mol. The minimum atomic E-state index is 0.681. The van der Waals surface area contributed by atoms with Gasteiger partial charge in [-0.3, -0.25) is 10.7 Å². The summed E-state index contributed by atoms with van der Waals surface area (Å²) in [5.74, 6) is 5.76. The van der Waals surface area contributed by atoms with Gasteiger partial charge in [0.25, 0.3) is 0 Å². The second kappa shape index (κ2) is 5.43. The van der Waals surface area contributed by atoms with E-state index in [1.807, 2.05) is 5.01 Å². The second-order valence-electron chi connectivity index (χ2n) is 4.67. The molecule has 1 aliphatic rings. The molecule has 1 saturated heterocycles. The zero-order valence-corrected chi connectivity index (χ0v) is 9.97. The van der Waals surface area contributed by atoms with Crippen LogP contribution >= 0.6 is 0 Å². The molecule has 0 unspecified atom stereocenters. The van der Waals surface area contributed by atoms with Gasteiger partial charge in [0.15, 0.2) is 0 Å². The Bertz CT molecular complexity index is 304. The Kier molecular flexibility index (Phi) is 3.93. The molecule has 0 spiro atoms. The highest BCUT2D eigenvalue weighted by atomic mass is 15.4. The van der Waals surface area contributed by atoms with Gasteiger partial charge in [-0.15, -0.1) is 0 Å². The Labute approximate surface area is 97.8 Å². The zero-order valence-electron chi connectivity index (χ0n) is 9.97. The lowest BCUT2D eigenvalue weighted by molar-refractivity contribution is 0.124. The fraction of sp³-hybridized carbons (Fsp3) is 0.538. The molecule has 3 heteroatoms. The molecular formula is C13H21N3. The van der Waals surface area contributed by atoms with Crippen LogP contribution < -0.4 is 5.84 Å². The first-order chi connectivity index (χ1) is 7.75. The van der Waals surface area contributed by atoms with Crippen molar-refractivity contribution in [2.24, 2.45) is 5.84 Å². The van der Waals surface area contributed by atoms with E-state index in [1.165, 1.54) is 18.4 Å². The van der Waals surface area contributed by atoms with Crippen LogP contribution in [-0.4, -0.2) is 36.1 Å². The molecule has 2 rings (SSSR count). The normalized spacial score (nSPS) is 19.2. The molecule has 0 atom stereocenters. The SMILES string of the molecule is CN(Cc1ccccc1)C1CCN(N)CC1. The van der Waals surface area contributed by atoms with Crippen molar-refractivity contribution in [1.29, 1.82) is 0 Å². The lowest BCUT2D eigenvalue weighted by Crippen LogP contribution is -2.45. The molecule has 0 aromatic heterocycles. The number of rotatable bonds is 3. The summed E-state index contributed by atoms with van der Waals surface area (Å²) in [7, 11) is 2.21. The first kappa shape index (κ1) is 11.6.